The lowest BCUT2D eigenvalue weighted by atomic mass is 10.0. The van der Waals surface area contributed by atoms with Crippen molar-refractivity contribution in [3.8, 4) is 0 Å². The van der Waals surface area contributed by atoms with Crippen LogP contribution in [0.15, 0.2) is 0 Å². The summed E-state index contributed by atoms with van der Waals surface area (Å²) in [5.41, 5.74) is -0.987. The van der Waals surface area contributed by atoms with Crippen LogP contribution in [0.5, 0.6) is 0 Å². The van der Waals surface area contributed by atoms with Gasteiger partial charge in [-0.05, 0) is 27.7 Å². The van der Waals surface area contributed by atoms with Crippen LogP contribution >= 0.6 is 0 Å². The highest BCUT2D eigenvalue weighted by atomic mass is 16.8. The van der Waals surface area contributed by atoms with Crippen LogP contribution in [0.1, 0.15) is 27.7 Å². The third kappa shape index (κ3) is 2.57. The summed E-state index contributed by atoms with van der Waals surface area (Å²) in [5, 5.41) is 0. The van der Waals surface area contributed by atoms with E-state index in [-0.39, 0.29) is 6.61 Å². The normalized spacial score (nSPS) is 46.2. The Labute approximate surface area is 124 Å². The molecule has 0 aromatic heterocycles. The summed E-state index contributed by atoms with van der Waals surface area (Å²) in [7, 11) is 3.04. The molecule has 0 aromatic carbocycles. The molecule has 0 aromatic rings. The van der Waals surface area contributed by atoms with Crippen LogP contribution in [0.2, 0.25) is 0 Å². The van der Waals surface area contributed by atoms with Gasteiger partial charge in [0.15, 0.2) is 5.60 Å². The van der Waals surface area contributed by atoms with E-state index in [1.165, 1.54) is 14.2 Å². The molecule has 5 atom stereocenters. The zero-order valence-electron chi connectivity index (χ0n) is 13.4. The Morgan fingerprint density at radius 1 is 1.14 bits per heavy atom. The third-order valence-electron chi connectivity index (χ3n) is 4.38. The van der Waals surface area contributed by atoms with Gasteiger partial charge in [0.1, 0.15) is 12.2 Å². The van der Waals surface area contributed by atoms with E-state index < -0.39 is 35.4 Å². The minimum absolute atomic E-state index is 0.239. The first-order valence-corrected chi connectivity index (χ1v) is 7.03. The van der Waals surface area contributed by atoms with Crippen LogP contribution in [0.3, 0.4) is 0 Å². The zero-order valence-corrected chi connectivity index (χ0v) is 13.4. The van der Waals surface area contributed by atoms with Crippen molar-refractivity contribution in [2.75, 3.05) is 27.4 Å². The van der Waals surface area contributed by atoms with Crippen molar-refractivity contribution in [3.63, 3.8) is 0 Å². The summed E-state index contributed by atoms with van der Waals surface area (Å²) in [4.78, 5) is 11.9. The Morgan fingerprint density at radius 2 is 1.76 bits per heavy atom. The predicted octanol–water partition coefficient (Wildman–Crippen LogP) is 0.848. The number of hydrogen-bond donors (Lipinski definition) is 0. The van der Waals surface area contributed by atoms with Gasteiger partial charge < -0.3 is 28.4 Å². The second kappa shape index (κ2) is 5.48. The Hall–Kier alpha value is -0.730. The van der Waals surface area contributed by atoms with Gasteiger partial charge in [0, 0.05) is 14.2 Å². The first-order valence-electron chi connectivity index (χ1n) is 7.03. The Kier molecular flexibility index (Phi) is 4.34. The molecule has 2 aliphatic heterocycles. The van der Waals surface area contributed by atoms with Crippen molar-refractivity contribution in [3.05, 3.63) is 0 Å². The Bertz CT molecular complexity index is 414. The maximum atomic E-state index is 11.9. The van der Waals surface area contributed by atoms with Gasteiger partial charge >= 0.3 is 5.97 Å². The van der Waals surface area contributed by atoms with Gasteiger partial charge in [-0.25, -0.2) is 4.79 Å². The maximum Gasteiger partial charge on any atom is 0.340 e. The second-order valence-electron chi connectivity index (χ2n) is 5.63. The molecule has 0 spiro atoms. The minimum Gasteiger partial charge on any atom is -0.464 e. The molecule has 0 bridgehead atoms. The molecule has 0 amide bonds. The lowest BCUT2D eigenvalue weighted by molar-refractivity contribution is -0.432. The number of epoxide rings is 1. The van der Waals surface area contributed by atoms with Crippen molar-refractivity contribution in [2.45, 2.75) is 57.1 Å². The molecule has 2 rings (SSSR count). The van der Waals surface area contributed by atoms with E-state index >= 15 is 0 Å². The second-order valence-corrected chi connectivity index (χ2v) is 5.63. The summed E-state index contributed by atoms with van der Waals surface area (Å²) in [6.45, 7) is 7.46. The molecule has 7 heteroatoms. The van der Waals surface area contributed by atoms with E-state index in [1.807, 2.05) is 0 Å². The van der Waals surface area contributed by atoms with Gasteiger partial charge in [-0.3, -0.25) is 0 Å². The maximum absolute atomic E-state index is 11.9. The van der Waals surface area contributed by atoms with E-state index in [1.54, 1.807) is 27.7 Å². The van der Waals surface area contributed by atoms with Crippen LogP contribution in [0, 0.1) is 0 Å². The molecule has 0 aliphatic carbocycles. The van der Waals surface area contributed by atoms with Crippen molar-refractivity contribution < 1.29 is 33.2 Å². The van der Waals surface area contributed by atoms with Gasteiger partial charge in [-0.2, -0.15) is 0 Å². The summed E-state index contributed by atoms with van der Waals surface area (Å²) < 4.78 is 33.1. The van der Waals surface area contributed by atoms with E-state index in [0.717, 1.165) is 0 Å². The van der Waals surface area contributed by atoms with Crippen molar-refractivity contribution >= 4 is 5.97 Å². The lowest BCUT2D eigenvalue weighted by Gasteiger charge is -2.48. The quantitative estimate of drug-likeness (QED) is 0.550. The number of carbonyl (C=O) groups excluding carboxylic acids is 1. The monoisotopic (exact) mass is 304 g/mol. The number of esters is 1. The van der Waals surface area contributed by atoms with Crippen LogP contribution in [0.25, 0.3) is 0 Å². The molecule has 0 saturated carbocycles. The van der Waals surface area contributed by atoms with Crippen LogP contribution in [0.4, 0.5) is 0 Å². The van der Waals surface area contributed by atoms with E-state index in [2.05, 4.69) is 0 Å². The first-order chi connectivity index (χ1) is 9.76. The van der Waals surface area contributed by atoms with Crippen LogP contribution < -0.4 is 0 Å². The summed E-state index contributed by atoms with van der Waals surface area (Å²) in [6.07, 6.45) is -0.861. The van der Waals surface area contributed by atoms with Gasteiger partial charge in [-0.15, -0.1) is 0 Å². The minimum atomic E-state index is -1.10. The largest absolute Gasteiger partial charge is 0.464 e. The smallest absolute Gasteiger partial charge is 0.340 e. The average Bonchev–Trinajstić information content (AvgIpc) is 3.16. The number of carbonyl (C=O) groups is 1. The number of ether oxygens (including phenoxy) is 6. The number of hydrogen-bond acceptors (Lipinski definition) is 7. The van der Waals surface area contributed by atoms with E-state index in [0.29, 0.717) is 6.61 Å². The lowest BCUT2D eigenvalue weighted by Crippen LogP contribution is -2.63. The zero-order chi connectivity index (χ0) is 15.9. The molecule has 7 nitrogen and oxygen atoms in total. The fourth-order valence-corrected chi connectivity index (χ4v) is 2.53. The number of rotatable bonds is 5. The Morgan fingerprint density at radius 3 is 2.29 bits per heavy atom. The third-order valence-corrected chi connectivity index (χ3v) is 4.38. The molecular weight excluding hydrogens is 280 g/mol. The van der Waals surface area contributed by atoms with Gasteiger partial charge in [0.25, 0.3) is 0 Å². The molecular formula is C14H24O7. The SMILES string of the molecule is CCOC(=O)[C@]1(C)O[C@H]1[C@@H]1CO[C@@](C)(OC)[C@](C)(OC)O1. The molecule has 0 unspecified atom stereocenters. The summed E-state index contributed by atoms with van der Waals surface area (Å²) in [5.74, 6) is -2.53. The highest BCUT2D eigenvalue weighted by molar-refractivity contribution is 5.83. The molecule has 21 heavy (non-hydrogen) atoms. The molecule has 2 fully saturated rings. The van der Waals surface area contributed by atoms with Gasteiger partial charge in [-0.1, -0.05) is 0 Å². The highest BCUT2D eigenvalue weighted by Crippen LogP contribution is 2.46. The summed E-state index contributed by atoms with van der Waals surface area (Å²) in [6, 6.07) is 0. The molecule has 2 saturated heterocycles. The molecule has 2 heterocycles. The fraction of sp³-hybridized carbons (Fsp3) is 0.929. The van der Waals surface area contributed by atoms with Crippen molar-refractivity contribution in [2.24, 2.45) is 0 Å². The first kappa shape index (κ1) is 16.6. The fourth-order valence-electron chi connectivity index (χ4n) is 2.53. The van der Waals surface area contributed by atoms with Gasteiger partial charge in [0.05, 0.1) is 13.2 Å². The predicted molar refractivity (Wildman–Crippen MR) is 71.6 cm³/mol. The molecule has 2 aliphatic rings. The average molecular weight is 304 g/mol. The van der Waals surface area contributed by atoms with Crippen molar-refractivity contribution in [1.82, 2.24) is 0 Å². The highest BCUT2D eigenvalue weighted by Gasteiger charge is 2.67. The topological polar surface area (TPSA) is 75.8 Å². The van der Waals surface area contributed by atoms with Crippen LogP contribution in [-0.2, 0) is 33.2 Å². The van der Waals surface area contributed by atoms with Crippen LogP contribution in [-0.4, -0.2) is 62.8 Å². The standard InChI is InChI=1S/C14H24O7/c1-7-18-11(15)12(2)10(21-12)9-8-19-13(3,16-5)14(4,17-6)20-9/h9-10H,7-8H2,1-6H3/t9-,10-,12+,13+,14+/m0/s1. The molecule has 0 N–H and O–H groups in total. The van der Waals surface area contributed by atoms with E-state index in [4.69, 9.17) is 28.4 Å². The van der Waals surface area contributed by atoms with Gasteiger partial charge in [0.2, 0.25) is 11.6 Å². The summed E-state index contributed by atoms with van der Waals surface area (Å²) >= 11 is 0. The Balaban J connectivity index is 2.07. The van der Waals surface area contributed by atoms with Crippen molar-refractivity contribution in [1.29, 1.82) is 0 Å². The number of methoxy groups -OCH3 is 2. The van der Waals surface area contributed by atoms with E-state index in [9.17, 15) is 4.79 Å². The molecule has 0 radical (unpaired) electrons. The molecule has 122 valence electrons.